The van der Waals surface area contributed by atoms with E-state index in [1.165, 1.54) is 4.88 Å². The SMILES string of the molecule is CN=C(NCCc1cccs1)NCCS(=O)(=O)C(C)(C)C. The third-order valence-corrected chi connectivity index (χ3v) is 6.61. The van der Waals surface area contributed by atoms with E-state index < -0.39 is 14.6 Å². The Labute approximate surface area is 131 Å². The van der Waals surface area contributed by atoms with Gasteiger partial charge in [-0.2, -0.15) is 0 Å². The van der Waals surface area contributed by atoms with Gasteiger partial charge in [0, 0.05) is 25.0 Å². The lowest BCUT2D eigenvalue weighted by Crippen LogP contribution is -2.42. The van der Waals surface area contributed by atoms with Crippen molar-refractivity contribution in [1.82, 2.24) is 10.6 Å². The molecule has 0 saturated heterocycles. The first-order valence-electron chi connectivity index (χ1n) is 6.95. The summed E-state index contributed by atoms with van der Waals surface area (Å²) >= 11 is 1.73. The zero-order valence-corrected chi connectivity index (χ0v) is 14.8. The van der Waals surface area contributed by atoms with Gasteiger partial charge in [0.25, 0.3) is 0 Å². The molecule has 1 aromatic rings. The van der Waals surface area contributed by atoms with Crippen molar-refractivity contribution in [3.05, 3.63) is 22.4 Å². The van der Waals surface area contributed by atoms with Crippen molar-refractivity contribution in [1.29, 1.82) is 0 Å². The number of sulfone groups is 1. The highest BCUT2D eigenvalue weighted by Gasteiger charge is 2.28. The molecule has 7 heteroatoms. The normalized spacial score (nSPS) is 13.2. The number of thiophene rings is 1. The number of rotatable bonds is 6. The fraction of sp³-hybridized carbons (Fsp3) is 0.643. The summed E-state index contributed by atoms with van der Waals surface area (Å²) in [6.45, 7) is 6.29. The zero-order chi connectivity index (χ0) is 15.9. The van der Waals surface area contributed by atoms with Crippen LogP contribution in [-0.4, -0.2) is 45.0 Å². The minimum Gasteiger partial charge on any atom is -0.356 e. The fourth-order valence-corrected chi connectivity index (χ4v) is 3.28. The standard InChI is InChI=1S/C14H25N3O2S2/c1-14(2,3)21(18,19)11-9-17-13(15-4)16-8-7-12-6-5-10-20-12/h5-6,10H,7-9,11H2,1-4H3,(H2,15,16,17). The molecule has 0 amide bonds. The molecule has 0 aliphatic carbocycles. The van der Waals surface area contributed by atoms with Crippen LogP contribution in [0.5, 0.6) is 0 Å². The predicted octanol–water partition coefficient (Wildman–Crippen LogP) is 1.67. The monoisotopic (exact) mass is 331 g/mol. The molecule has 1 aromatic heterocycles. The van der Waals surface area contributed by atoms with Gasteiger partial charge in [0.1, 0.15) is 0 Å². The van der Waals surface area contributed by atoms with Gasteiger partial charge in [-0.25, -0.2) is 8.42 Å². The van der Waals surface area contributed by atoms with E-state index in [0.29, 0.717) is 12.5 Å². The number of guanidine groups is 1. The highest BCUT2D eigenvalue weighted by Crippen LogP contribution is 2.15. The van der Waals surface area contributed by atoms with Crippen molar-refractivity contribution < 1.29 is 8.42 Å². The van der Waals surface area contributed by atoms with Crippen molar-refractivity contribution in [3.63, 3.8) is 0 Å². The topological polar surface area (TPSA) is 70.6 Å². The Hall–Kier alpha value is -1.08. The number of nitrogens with zero attached hydrogens (tertiary/aromatic N) is 1. The van der Waals surface area contributed by atoms with Crippen molar-refractivity contribution in [2.45, 2.75) is 31.9 Å². The molecule has 21 heavy (non-hydrogen) atoms. The van der Waals surface area contributed by atoms with Gasteiger partial charge in [0.2, 0.25) is 0 Å². The molecule has 0 radical (unpaired) electrons. The smallest absolute Gasteiger partial charge is 0.191 e. The Morgan fingerprint density at radius 1 is 1.29 bits per heavy atom. The zero-order valence-electron chi connectivity index (χ0n) is 13.1. The summed E-state index contributed by atoms with van der Waals surface area (Å²) in [6.07, 6.45) is 0.929. The van der Waals surface area contributed by atoms with E-state index in [-0.39, 0.29) is 5.75 Å². The predicted molar refractivity (Wildman–Crippen MR) is 90.9 cm³/mol. The van der Waals surface area contributed by atoms with Crippen molar-refractivity contribution >= 4 is 27.1 Å². The molecule has 0 fully saturated rings. The van der Waals surface area contributed by atoms with Gasteiger partial charge in [-0.1, -0.05) is 6.07 Å². The quantitative estimate of drug-likeness (QED) is 0.614. The first-order valence-corrected chi connectivity index (χ1v) is 9.48. The maximum Gasteiger partial charge on any atom is 0.191 e. The lowest BCUT2D eigenvalue weighted by molar-refractivity contribution is 0.559. The molecule has 1 heterocycles. The summed E-state index contributed by atoms with van der Waals surface area (Å²) in [4.78, 5) is 5.40. The Morgan fingerprint density at radius 2 is 1.95 bits per heavy atom. The van der Waals surface area contributed by atoms with Crippen LogP contribution in [0.2, 0.25) is 0 Å². The van der Waals surface area contributed by atoms with Crippen LogP contribution >= 0.6 is 11.3 Å². The second-order valence-electron chi connectivity index (χ2n) is 5.69. The van der Waals surface area contributed by atoms with E-state index >= 15 is 0 Å². The summed E-state index contributed by atoms with van der Waals surface area (Å²) in [5, 5.41) is 8.28. The van der Waals surface area contributed by atoms with Gasteiger partial charge in [-0.15, -0.1) is 11.3 Å². The van der Waals surface area contributed by atoms with E-state index in [1.807, 2.05) is 6.07 Å². The number of nitrogens with one attached hydrogen (secondary N) is 2. The van der Waals surface area contributed by atoms with Gasteiger partial charge < -0.3 is 10.6 Å². The molecule has 0 atom stereocenters. The van der Waals surface area contributed by atoms with Crippen LogP contribution in [0.25, 0.3) is 0 Å². The number of hydrogen-bond acceptors (Lipinski definition) is 4. The Bertz CT molecular complexity index is 543. The van der Waals surface area contributed by atoms with Crippen LogP contribution in [0.15, 0.2) is 22.5 Å². The maximum absolute atomic E-state index is 12.0. The van der Waals surface area contributed by atoms with E-state index in [4.69, 9.17) is 0 Å². The molecule has 0 spiro atoms. The van der Waals surface area contributed by atoms with E-state index in [0.717, 1.165) is 13.0 Å². The molecular formula is C14H25N3O2S2. The highest BCUT2D eigenvalue weighted by atomic mass is 32.2. The third-order valence-electron chi connectivity index (χ3n) is 3.06. The lowest BCUT2D eigenvalue weighted by Gasteiger charge is -2.19. The van der Waals surface area contributed by atoms with Crippen LogP contribution in [0.3, 0.4) is 0 Å². The molecule has 2 N–H and O–H groups in total. The molecule has 0 aliphatic heterocycles. The first kappa shape index (κ1) is 18.0. The molecule has 0 aliphatic rings. The van der Waals surface area contributed by atoms with Crippen LogP contribution in [-0.2, 0) is 16.3 Å². The van der Waals surface area contributed by atoms with Crippen molar-refractivity contribution in [2.24, 2.45) is 4.99 Å². The van der Waals surface area contributed by atoms with E-state index in [1.54, 1.807) is 39.2 Å². The van der Waals surface area contributed by atoms with Crippen LogP contribution in [0, 0.1) is 0 Å². The van der Waals surface area contributed by atoms with Crippen molar-refractivity contribution in [2.75, 3.05) is 25.9 Å². The van der Waals surface area contributed by atoms with Crippen LogP contribution in [0.4, 0.5) is 0 Å². The minimum absolute atomic E-state index is 0.0993. The van der Waals surface area contributed by atoms with Gasteiger partial charge in [0.05, 0.1) is 10.5 Å². The number of aliphatic imine (C=N–C) groups is 1. The highest BCUT2D eigenvalue weighted by molar-refractivity contribution is 7.92. The molecule has 1 rings (SSSR count). The van der Waals surface area contributed by atoms with Crippen LogP contribution < -0.4 is 10.6 Å². The molecule has 120 valence electrons. The first-order chi connectivity index (χ1) is 9.76. The van der Waals surface area contributed by atoms with Gasteiger partial charge in [0.15, 0.2) is 15.8 Å². The van der Waals surface area contributed by atoms with Crippen LogP contribution in [0.1, 0.15) is 25.6 Å². The Balaban J connectivity index is 2.32. The second-order valence-corrected chi connectivity index (χ2v) is 9.58. The summed E-state index contributed by atoms with van der Waals surface area (Å²) in [5.41, 5.74) is 0. The largest absolute Gasteiger partial charge is 0.356 e. The van der Waals surface area contributed by atoms with Gasteiger partial charge >= 0.3 is 0 Å². The van der Waals surface area contributed by atoms with E-state index in [2.05, 4.69) is 27.1 Å². The molecule has 0 aromatic carbocycles. The summed E-state index contributed by atoms with van der Waals surface area (Å²) < 4.78 is 23.3. The van der Waals surface area contributed by atoms with E-state index in [9.17, 15) is 8.42 Å². The summed E-state index contributed by atoms with van der Waals surface area (Å²) in [5.74, 6) is 0.734. The van der Waals surface area contributed by atoms with Crippen molar-refractivity contribution in [3.8, 4) is 0 Å². The Morgan fingerprint density at radius 3 is 2.48 bits per heavy atom. The number of hydrogen-bond donors (Lipinski definition) is 2. The average molecular weight is 332 g/mol. The molecule has 0 unspecified atom stereocenters. The minimum atomic E-state index is -3.10. The summed E-state index contributed by atoms with van der Waals surface area (Å²) in [6, 6.07) is 4.13. The molecule has 5 nitrogen and oxygen atoms in total. The summed E-state index contributed by atoms with van der Waals surface area (Å²) in [7, 11) is -1.42. The molecule has 0 bridgehead atoms. The maximum atomic E-state index is 12.0. The third kappa shape index (κ3) is 6.05. The van der Waals surface area contributed by atoms with Gasteiger partial charge in [-0.3, -0.25) is 4.99 Å². The van der Waals surface area contributed by atoms with Gasteiger partial charge in [-0.05, 0) is 38.6 Å². The molecular weight excluding hydrogens is 306 g/mol. The second kappa shape index (κ2) is 7.79. The lowest BCUT2D eigenvalue weighted by atomic mass is 10.3. The average Bonchev–Trinajstić information content (AvgIpc) is 2.88. The Kier molecular flexibility index (Phi) is 6.67. The fourth-order valence-electron chi connectivity index (χ4n) is 1.59. The molecule has 0 saturated carbocycles.